The zero-order valence-electron chi connectivity index (χ0n) is 11.1. The van der Waals surface area contributed by atoms with Crippen LogP contribution in [0.25, 0.3) is 0 Å². The highest BCUT2D eigenvalue weighted by molar-refractivity contribution is 5.84. The van der Waals surface area contributed by atoms with Crippen LogP contribution in [-0.2, 0) is 9.53 Å². The lowest BCUT2D eigenvalue weighted by molar-refractivity contribution is -0.125. The minimum atomic E-state index is -0.540. The van der Waals surface area contributed by atoms with E-state index in [1.54, 1.807) is 0 Å². The van der Waals surface area contributed by atoms with Gasteiger partial charge in [0.05, 0.1) is 11.6 Å². The van der Waals surface area contributed by atoms with Crippen molar-refractivity contribution in [2.75, 3.05) is 13.2 Å². The molecule has 100 valence electrons. The largest absolute Gasteiger partial charge is 0.377 e. The first-order valence-electron chi connectivity index (χ1n) is 6.81. The summed E-state index contributed by atoms with van der Waals surface area (Å²) in [7, 11) is 0. The third-order valence-electron chi connectivity index (χ3n) is 3.72. The molecule has 1 heterocycles. The maximum atomic E-state index is 11.7. The van der Waals surface area contributed by atoms with Crippen LogP contribution in [0.15, 0.2) is 0 Å². The van der Waals surface area contributed by atoms with Crippen LogP contribution in [0.3, 0.4) is 0 Å². The van der Waals surface area contributed by atoms with E-state index in [0.29, 0.717) is 0 Å². The van der Waals surface area contributed by atoms with Gasteiger partial charge in [0.2, 0.25) is 5.91 Å². The van der Waals surface area contributed by atoms with Crippen LogP contribution in [0.2, 0.25) is 0 Å². The van der Waals surface area contributed by atoms with Gasteiger partial charge in [0.25, 0.3) is 0 Å². The maximum absolute atomic E-state index is 11.7. The highest BCUT2D eigenvalue weighted by Crippen LogP contribution is 2.20. The van der Waals surface area contributed by atoms with Gasteiger partial charge >= 0.3 is 0 Å². The molecule has 17 heavy (non-hydrogen) atoms. The van der Waals surface area contributed by atoms with E-state index in [4.69, 9.17) is 10.5 Å². The van der Waals surface area contributed by atoms with Crippen LogP contribution in [0, 0.1) is 0 Å². The molecule has 2 unspecified atom stereocenters. The first kappa shape index (κ1) is 14.5. The third kappa shape index (κ3) is 3.96. The number of nitrogens with two attached hydrogens (primary N) is 1. The highest BCUT2D eigenvalue weighted by Gasteiger charge is 2.34. The molecule has 1 amide bonds. The molecule has 4 heteroatoms. The monoisotopic (exact) mass is 242 g/mol. The van der Waals surface area contributed by atoms with Crippen molar-refractivity contribution >= 4 is 5.91 Å². The fourth-order valence-corrected chi connectivity index (χ4v) is 2.37. The molecule has 0 spiro atoms. The Morgan fingerprint density at radius 3 is 2.76 bits per heavy atom. The second-order valence-corrected chi connectivity index (χ2v) is 4.92. The lowest BCUT2D eigenvalue weighted by Crippen LogP contribution is -2.56. The third-order valence-corrected chi connectivity index (χ3v) is 3.72. The molecular weight excluding hydrogens is 216 g/mol. The van der Waals surface area contributed by atoms with Crippen molar-refractivity contribution in [3.63, 3.8) is 0 Å². The summed E-state index contributed by atoms with van der Waals surface area (Å²) in [6.45, 7) is 5.72. The van der Waals surface area contributed by atoms with Crippen molar-refractivity contribution in [2.24, 2.45) is 5.73 Å². The molecule has 3 N–H and O–H groups in total. The fourth-order valence-electron chi connectivity index (χ4n) is 2.37. The average molecular weight is 242 g/mol. The van der Waals surface area contributed by atoms with Crippen LogP contribution in [0.5, 0.6) is 0 Å². The average Bonchev–Trinajstić information content (AvgIpc) is 2.82. The quantitative estimate of drug-likeness (QED) is 0.679. The van der Waals surface area contributed by atoms with Gasteiger partial charge < -0.3 is 15.8 Å². The van der Waals surface area contributed by atoms with Gasteiger partial charge in [-0.25, -0.2) is 0 Å². The smallest absolute Gasteiger partial charge is 0.237 e. The van der Waals surface area contributed by atoms with Gasteiger partial charge in [0.1, 0.15) is 0 Å². The van der Waals surface area contributed by atoms with Gasteiger partial charge in [-0.2, -0.15) is 0 Å². The number of nitrogens with one attached hydrogen (secondary N) is 1. The fraction of sp³-hybridized carbons (Fsp3) is 0.923. The minimum absolute atomic E-state index is 0.230. The number of primary amides is 1. The van der Waals surface area contributed by atoms with Crippen LogP contribution in [-0.4, -0.2) is 30.7 Å². The number of amides is 1. The van der Waals surface area contributed by atoms with Gasteiger partial charge in [0.15, 0.2) is 0 Å². The maximum Gasteiger partial charge on any atom is 0.237 e. The minimum Gasteiger partial charge on any atom is -0.377 e. The zero-order chi connectivity index (χ0) is 12.7. The van der Waals surface area contributed by atoms with Crippen molar-refractivity contribution in [3.8, 4) is 0 Å². The van der Waals surface area contributed by atoms with Crippen molar-refractivity contribution in [3.05, 3.63) is 0 Å². The van der Waals surface area contributed by atoms with Crippen molar-refractivity contribution in [1.29, 1.82) is 0 Å². The van der Waals surface area contributed by atoms with E-state index >= 15 is 0 Å². The van der Waals surface area contributed by atoms with E-state index in [0.717, 1.165) is 51.7 Å². The molecule has 1 fully saturated rings. The number of carbonyl (C=O) groups excluding carboxylic acids is 1. The Bertz CT molecular complexity index is 240. The molecule has 0 aromatic rings. The molecule has 2 atom stereocenters. The number of carbonyl (C=O) groups is 1. The lowest BCUT2D eigenvalue weighted by Gasteiger charge is -2.32. The summed E-state index contributed by atoms with van der Waals surface area (Å²) in [5, 5.41) is 3.36. The molecule has 4 nitrogen and oxygen atoms in total. The molecule has 1 aliphatic heterocycles. The van der Waals surface area contributed by atoms with Gasteiger partial charge in [-0.15, -0.1) is 0 Å². The highest BCUT2D eigenvalue weighted by atomic mass is 16.5. The summed E-state index contributed by atoms with van der Waals surface area (Å²) in [6.07, 6.45) is 6.13. The summed E-state index contributed by atoms with van der Waals surface area (Å²) < 4.78 is 5.56. The van der Waals surface area contributed by atoms with Crippen molar-refractivity contribution in [1.82, 2.24) is 5.32 Å². The predicted molar refractivity (Wildman–Crippen MR) is 68.7 cm³/mol. The molecule has 1 aliphatic rings. The van der Waals surface area contributed by atoms with Crippen molar-refractivity contribution < 1.29 is 9.53 Å². The Hall–Kier alpha value is -0.610. The van der Waals surface area contributed by atoms with E-state index in [2.05, 4.69) is 12.2 Å². The molecule has 0 bridgehead atoms. The number of hydrogen-bond acceptors (Lipinski definition) is 3. The number of unbranched alkanes of at least 4 members (excludes halogenated alkanes) is 1. The molecule has 1 saturated heterocycles. The van der Waals surface area contributed by atoms with E-state index < -0.39 is 5.54 Å². The van der Waals surface area contributed by atoms with Crippen molar-refractivity contribution in [2.45, 2.75) is 64.0 Å². The topological polar surface area (TPSA) is 64.3 Å². The number of ether oxygens (including phenoxy) is 1. The molecule has 0 aromatic heterocycles. The second-order valence-electron chi connectivity index (χ2n) is 4.92. The Labute approximate surface area is 104 Å². The van der Waals surface area contributed by atoms with E-state index in [-0.39, 0.29) is 12.0 Å². The summed E-state index contributed by atoms with van der Waals surface area (Å²) in [5.74, 6) is -0.230. The number of rotatable bonds is 8. The van der Waals surface area contributed by atoms with Crippen LogP contribution < -0.4 is 11.1 Å². The number of hydrogen-bond donors (Lipinski definition) is 2. The van der Waals surface area contributed by atoms with Crippen LogP contribution in [0.1, 0.15) is 52.4 Å². The van der Waals surface area contributed by atoms with Crippen LogP contribution >= 0.6 is 0 Å². The standard InChI is InChI=1S/C13H26N2O2/c1-3-5-8-13(4-2,12(14)16)15-10-11-7-6-9-17-11/h11,15H,3-10H2,1-2H3,(H2,14,16). The van der Waals surface area contributed by atoms with Crippen LogP contribution in [0.4, 0.5) is 0 Å². The summed E-state index contributed by atoms with van der Waals surface area (Å²) in [4.78, 5) is 11.7. The SMILES string of the molecule is CCCCC(CC)(NCC1CCCO1)C(N)=O. The van der Waals surface area contributed by atoms with Gasteiger partial charge in [-0.3, -0.25) is 4.79 Å². The zero-order valence-corrected chi connectivity index (χ0v) is 11.1. The van der Waals surface area contributed by atoms with E-state index in [1.807, 2.05) is 6.92 Å². The molecular formula is C13H26N2O2. The molecule has 0 aromatic carbocycles. The van der Waals surface area contributed by atoms with Gasteiger partial charge in [-0.1, -0.05) is 26.7 Å². The normalized spacial score (nSPS) is 23.5. The molecule has 0 saturated carbocycles. The Balaban J connectivity index is 2.51. The summed E-state index contributed by atoms with van der Waals surface area (Å²) in [6, 6.07) is 0. The van der Waals surface area contributed by atoms with Gasteiger partial charge in [-0.05, 0) is 25.7 Å². The molecule has 0 radical (unpaired) electrons. The van der Waals surface area contributed by atoms with Gasteiger partial charge in [0, 0.05) is 13.2 Å². The van der Waals surface area contributed by atoms with E-state index in [9.17, 15) is 4.79 Å². The predicted octanol–water partition coefficient (Wildman–Crippen LogP) is 1.58. The second kappa shape index (κ2) is 6.97. The Morgan fingerprint density at radius 2 is 2.29 bits per heavy atom. The summed E-state index contributed by atoms with van der Waals surface area (Å²) in [5.41, 5.74) is 5.03. The Kier molecular flexibility index (Phi) is 5.92. The Morgan fingerprint density at radius 1 is 1.53 bits per heavy atom. The first-order valence-corrected chi connectivity index (χ1v) is 6.81. The lowest BCUT2D eigenvalue weighted by atomic mass is 9.88. The molecule has 0 aliphatic carbocycles. The van der Waals surface area contributed by atoms with E-state index in [1.165, 1.54) is 0 Å². The molecule has 1 rings (SSSR count). The first-order chi connectivity index (χ1) is 8.14. The summed E-state index contributed by atoms with van der Waals surface area (Å²) >= 11 is 0.